The fourth-order valence-electron chi connectivity index (χ4n) is 1.57. The number of hydrogen-bond acceptors (Lipinski definition) is 2. The van der Waals surface area contributed by atoms with Crippen molar-refractivity contribution in [3.05, 3.63) is 65.5 Å². The Morgan fingerprint density at radius 1 is 0.900 bits per heavy atom. The van der Waals surface area contributed by atoms with E-state index in [2.05, 4.69) is 4.72 Å². The van der Waals surface area contributed by atoms with Crippen molar-refractivity contribution >= 4 is 10.0 Å². The Bertz CT molecular complexity index is 718. The third-order valence-electron chi connectivity index (χ3n) is 2.60. The molecule has 106 valence electrons. The summed E-state index contributed by atoms with van der Waals surface area (Å²) in [6.45, 7) is -0.0817. The van der Waals surface area contributed by atoms with Crippen LogP contribution in [0, 0.1) is 17.5 Å². The zero-order valence-corrected chi connectivity index (χ0v) is 10.9. The first-order valence-electron chi connectivity index (χ1n) is 5.59. The van der Waals surface area contributed by atoms with E-state index in [1.165, 1.54) is 0 Å². The maximum Gasteiger partial charge on any atom is 0.243 e. The smallest absolute Gasteiger partial charge is 0.207 e. The summed E-state index contributed by atoms with van der Waals surface area (Å²) in [5, 5.41) is 0. The van der Waals surface area contributed by atoms with Crippen molar-refractivity contribution in [1.29, 1.82) is 0 Å². The molecule has 0 radical (unpaired) electrons. The van der Waals surface area contributed by atoms with Crippen LogP contribution in [0.3, 0.4) is 0 Å². The lowest BCUT2D eigenvalue weighted by Crippen LogP contribution is -2.24. The summed E-state index contributed by atoms with van der Waals surface area (Å²) in [6.07, 6.45) is 0. The number of benzene rings is 2. The van der Waals surface area contributed by atoms with Crippen LogP contribution in [0.5, 0.6) is 0 Å². The molecule has 1 N–H and O–H groups in total. The molecule has 3 nitrogen and oxygen atoms in total. The zero-order valence-electron chi connectivity index (χ0n) is 10.1. The SMILES string of the molecule is O=S(=O)(NCc1ccccc1)c1ccc(F)c(F)c1F. The third kappa shape index (κ3) is 3.00. The maximum atomic E-state index is 13.4. The van der Waals surface area contributed by atoms with E-state index in [1.54, 1.807) is 30.3 Å². The Morgan fingerprint density at radius 2 is 1.55 bits per heavy atom. The van der Waals surface area contributed by atoms with E-state index in [-0.39, 0.29) is 6.54 Å². The van der Waals surface area contributed by atoms with Crippen LogP contribution in [-0.4, -0.2) is 8.42 Å². The predicted molar refractivity (Wildman–Crippen MR) is 66.8 cm³/mol. The highest BCUT2D eigenvalue weighted by molar-refractivity contribution is 7.89. The molecule has 0 saturated heterocycles. The first-order valence-corrected chi connectivity index (χ1v) is 7.07. The molecule has 20 heavy (non-hydrogen) atoms. The van der Waals surface area contributed by atoms with Crippen LogP contribution in [0.15, 0.2) is 47.4 Å². The summed E-state index contributed by atoms with van der Waals surface area (Å²) < 4.78 is 65.1. The zero-order chi connectivity index (χ0) is 14.8. The number of sulfonamides is 1. The fourth-order valence-corrected chi connectivity index (χ4v) is 2.65. The minimum atomic E-state index is -4.26. The topological polar surface area (TPSA) is 46.2 Å². The molecular formula is C13H10F3NO2S. The molecule has 0 aromatic heterocycles. The summed E-state index contributed by atoms with van der Waals surface area (Å²) in [6, 6.07) is 9.77. The van der Waals surface area contributed by atoms with Crippen LogP contribution in [0.25, 0.3) is 0 Å². The second-order valence-corrected chi connectivity index (χ2v) is 5.72. The van der Waals surface area contributed by atoms with Gasteiger partial charge in [0, 0.05) is 6.54 Å². The second kappa shape index (κ2) is 5.64. The van der Waals surface area contributed by atoms with Crippen molar-refractivity contribution in [3.8, 4) is 0 Å². The van der Waals surface area contributed by atoms with Crippen molar-refractivity contribution in [1.82, 2.24) is 4.72 Å². The predicted octanol–water partition coefficient (Wildman–Crippen LogP) is 2.58. The third-order valence-corrected chi connectivity index (χ3v) is 4.02. The average molecular weight is 301 g/mol. The lowest BCUT2D eigenvalue weighted by Gasteiger charge is -2.08. The van der Waals surface area contributed by atoms with Gasteiger partial charge in [-0.2, -0.15) is 0 Å². The van der Waals surface area contributed by atoms with E-state index < -0.39 is 32.4 Å². The fraction of sp³-hybridized carbons (Fsp3) is 0.0769. The Morgan fingerprint density at radius 3 is 2.20 bits per heavy atom. The van der Waals surface area contributed by atoms with Gasteiger partial charge in [-0.25, -0.2) is 26.3 Å². The largest absolute Gasteiger partial charge is 0.243 e. The minimum Gasteiger partial charge on any atom is -0.207 e. The first kappa shape index (κ1) is 14.5. The van der Waals surface area contributed by atoms with E-state index >= 15 is 0 Å². The Labute approximate surface area is 114 Å². The molecule has 0 heterocycles. The molecule has 2 rings (SSSR count). The first-order chi connectivity index (χ1) is 9.42. The Balaban J connectivity index is 2.25. The van der Waals surface area contributed by atoms with E-state index in [1.807, 2.05) is 0 Å². The van der Waals surface area contributed by atoms with Crippen molar-refractivity contribution < 1.29 is 21.6 Å². The molecule has 0 unspecified atom stereocenters. The second-order valence-electron chi connectivity index (χ2n) is 3.98. The van der Waals surface area contributed by atoms with Crippen molar-refractivity contribution in [2.45, 2.75) is 11.4 Å². The van der Waals surface area contributed by atoms with E-state index in [0.717, 1.165) is 0 Å². The van der Waals surface area contributed by atoms with Gasteiger partial charge in [-0.3, -0.25) is 0 Å². The number of rotatable bonds is 4. The molecule has 2 aromatic carbocycles. The van der Waals surface area contributed by atoms with Gasteiger partial charge in [-0.15, -0.1) is 0 Å². The molecular weight excluding hydrogens is 291 g/mol. The maximum absolute atomic E-state index is 13.4. The lowest BCUT2D eigenvalue weighted by atomic mass is 10.2. The van der Waals surface area contributed by atoms with E-state index in [4.69, 9.17) is 0 Å². The number of nitrogens with one attached hydrogen (secondary N) is 1. The van der Waals surface area contributed by atoms with Crippen LogP contribution in [-0.2, 0) is 16.6 Å². The number of hydrogen-bond donors (Lipinski definition) is 1. The minimum absolute atomic E-state index is 0.0817. The molecule has 2 aromatic rings. The van der Waals surface area contributed by atoms with Gasteiger partial charge in [0.05, 0.1) is 0 Å². The van der Waals surface area contributed by atoms with Gasteiger partial charge in [0.15, 0.2) is 17.5 Å². The highest BCUT2D eigenvalue weighted by Gasteiger charge is 2.23. The molecule has 0 aliphatic carbocycles. The monoisotopic (exact) mass is 301 g/mol. The molecule has 0 fully saturated rings. The average Bonchev–Trinajstić information content (AvgIpc) is 2.44. The van der Waals surface area contributed by atoms with Crippen LogP contribution in [0.2, 0.25) is 0 Å². The normalized spacial score (nSPS) is 11.6. The molecule has 7 heteroatoms. The van der Waals surface area contributed by atoms with Gasteiger partial charge < -0.3 is 0 Å². The molecule has 0 aliphatic rings. The molecule has 0 saturated carbocycles. The molecule has 0 aliphatic heterocycles. The van der Waals surface area contributed by atoms with Gasteiger partial charge in [0.2, 0.25) is 10.0 Å². The standard InChI is InChI=1S/C13H10F3NO2S/c14-10-6-7-11(13(16)12(10)15)20(18,19)17-8-9-4-2-1-3-5-9/h1-7,17H,8H2. The van der Waals surface area contributed by atoms with Crippen LogP contribution in [0.1, 0.15) is 5.56 Å². The summed E-state index contributed by atoms with van der Waals surface area (Å²) in [5.41, 5.74) is 0.652. The van der Waals surface area contributed by atoms with Gasteiger partial charge in [-0.1, -0.05) is 30.3 Å². The highest BCUT2D eigenvalue weighted by Crippen LogP contribution is 2.19. The van der Waals surface area contributed by atoms with E-state index in [9.17, 15) is 21.6 Å². The Hall–Kier alpha value is -1.86. The van der Waals surface area contributed by atoms with E-state index in [0.29, 0.717) is 17.7 Å². The summed E-state index contributed by atoms with van der Waals surface area (Å²) in [5.74, 6) is -4.98. The molecule has 0 amide bonds. The lowest BCUT2D eigenvalue weighted by molar-refractivity contribution is 0.431. The summed E-state index contributed by atoms with van der Waals surface area (Å²) in [4.78, 5) is -0.924. The van der Waals surface area contributed by atoms with Crippen molar-refractivity contribution in [3.63, 3.8) is 0 Å². The van der Waals surface area contributed by atoms with Gasteiger partial charge in [0.25, 0.3) is 0 Å². The molecule has 0 bridgehead atoms. The highest BCUT2D eigenvalue weighted by atomic mass is 32.2. The van der Waals surface area contributed by atoms with Gasteiger partial charge in [0.1, 0.15) is 4.90 Å². The summed E-state index contributed by atoms with van der Waals surface area (Å²) >= 11 is 0. The van der Waals surface area contributed by atoms with Crippen LogP contribution < -0.4 is 4.72 Å². The van der Waals surface area contributed by atoms with Crippen molar-refractivity contribution in [2.24, 2.45) is 0 Å². The van der Waals surface area contributed by atoms with Gasteiger partial charge in [-0.05, 0) is 17.7 Å². The van der Waals surface area contributed by atoms with Crippen LogP contribution >= 0.6 is 0 Å². The Kier molecular flexibility index (Phi) is 4.10. The molecule has 0 atom stereocenters. The van der Waals surface area contributed by atoms with Gasteiger partial charge >= 0.3 is 0 Å². The summed E-state index contributed by atoms with van der Waals surface area (Å²) in [7, 11) is -4.26. The number of halogens is 3. The quantitative estimate of drug-likeness (QED) is 0.882. The molecule has 0 spiro atoms. The van der Waals surface area contributed by atoms with Crippen molar-refractivity contribution in [2.75, 3.05) is 0 Å². The van der Waals surface area contributed by atoms with Crippen LogP contribution in [0.4, 0.5) is 13.2 Å².